The van der Waals surface area contributed by atoms with Gasteiger partial charge in [-0.25, -0.2) is 5.43 Å². The number of amides is 2. The van der Waals surface area contributed by atoms with Crippen LogP contribution in [-0.2, 0) is 4.79 Å². The summed E-state index contributed by atoms with van der Waals surface area (Å²) >= 11 is 9.23. The van der Waals surface area contributed by atoms with Crippen molar-refractivity contribution in [2.75, 3.05) is 13.2 Å². The fraction of sp³-hybridized carbons (Fsp3) is 0.105. The van der Waals surface area contributed by atoms with Crippen LogP contribution in [0.1, 0.15) is 15.9 Å². The van der Waals surface area contributed by atoms with Crippen molar-refractivity contribution in [1.29, 1.82) is 0 Å². The number of rotatable bonds is 8. The van der Waals surface area contributed by atoms with Crippen LogP contribution in [0.2, 0.25) is 5.02 Å². The highest BCUT2D eigenvalue weighted by atomic mass is 79.9. The Labute approximate surface area is 170 Å². The molecule has 0 heterocycles. The molecule has 2 N–H and O–H groups in total. The van der Waals surface area contributed by atoms with E-state index in [0.717, 1.165) is 10.0 Å². The quantitative estimate of drug-likeness (QED) is 0.367. The van der Waals surface area contributed by atoms with Gasteiger partial charge in [-0.1, -0.05) is 46.3 Å². The third-order valence-corrected chi connectivity index (χ3v) is 4.18. The lowest BCUT2D eigenvalue weighted by Crippen LogP contribution is -2.34. The van der Waals surface area contributed by atoms with Crippen LogP contribution in [-0.4, -0.2) is 31.2 Å². The zero-order valence-electron chi connectivity index (χ0n) is 14.2. The summed E-state index contributed by atoms with van der Waals surface area (Å²) in [4.78, 5) is 23.8. The van der Waals surface area contributed by atoms with Crippen LogP contribution in [0.15, 0.2) is 64.7 Å². The van der Waals surface area contributed by atoms with Crippen molar-refractivity contribution in [2.45, 2.75) is 0 Å². The molecule has 0 aromatic heterocycles. The molecule has 0 bridgehead atoms. The number of carbonyl (C=O) groups is 2. The summed E-state index contributed by atoms with van der Waals surface area (Å²) in [6.45, 7) is 3.77. The van der Waals surface area contributed by atoms with Crippen LogP contribution in [0.5, 0.6) is 5.75 Å². The molecular formula is C19H17BrClN3O3. The maximum Gasteiger partial charge on any atom is 0.259 e. The van der Waals surface area contributed by atoms with Crippen molar-refractivity contribution in [3.8, 4) is 5.75 Å². The standard InChI is InChI=1S/C19H17BrClN3O3/c1-2-8-27-16-6-7-17(20)14(10-16)11-23-24-18(25)12-22-19(26)13-4-3-5-15(21)9-13/h2-7,9-11H,1,8,12H2,(H,22,26)(H,24,25)/b23-11-. The molecule has 0 spiro atoms. The van der Waals surface area contributed by atoms with E-state index in [1.54, 1.807) is 36.4 Å². The summed E-state index contributed by atoms with van der Waals surface area (Å²) in [6, 6.07) is 11.8. The number of benzene rings is 2. The Bertz CT molecular complexity index is 871. The van der Waals surface area contributed by atoms with Gasteiger partial charge in [0.2, 0.25) is 0 Å². The van der Waals surface area contributed by atoms with Crippen LogP contribution in [0, 0.1) is 0 Å². The zero-order valence-corrected chi connectivity index (χ0v) is 16.6. The minimum Gasteiger partial charge on any atom is -0.490 e. The molecule has 0 saturated heterocycles. The number of hydrazone groups is 1. The Morgan fingerprint density at radius 3 is 2.81 bits per heavy atom. The van der Waals surface area contributed by atoms with Crippen LogP contribution < -0.4 is 15.5 Å². The average Bonchev–Trinajstić information content (AvgIpc) is 2.66. The topological polar surface area (TPSA) is 79.8 Å². The smallest absolute Gasteiger partial charge is 0.259 e. The lowest BCUT2D eigenvalue weighted by atomic mass is 10.2. The summed E-state index contributed by atoms with van der Waals surface area (Å²) in [7, 11) is 0. The minimum absolute atomic E-state index is 0.216. The fourth-order valence-corrected chi connectivity index (χ4v) is 2.51. The van der Waals surface area contributed by atoms with Gasteiger partial charge >= 0.3 is 0 Å². The minimum atomic E-state index is -0.461. The normalized spacial score (nSPS) is 10.4. The van der Waals surface area contributed by atoms with Crippen LogP contribution in [0.25, 0.3) is 0 Å². The molecule has 27 heavy (non-hydrogen) atoms. The number of hydrogen-bond acceptors (Lipinski definition) is 4. The number of carbonyl (C=O) groups excluding carboxylic acids is 2. The molecule has 0 atom stereocenters. The van der Waals surface area contributed by atoms with E-state index in [1.165, 1.54) is 12.3 Å². The van der Waals surface area contributed by atoms with E-state index < -0.39 is 11.8 Å². The van der Waals surface area contributed by atoms with Gasteiger partial charge in [-0.15, -0.1) is 0 Å². The third kappa shape index (κ3) is 6.88. The lowest BCUT2D eigenvalue weighted by Gasteiger charge is -2.06. The molecule has 2 rings (SSSR count). The van der Waals surface area contributed by atoms with Crippen molar-refractivity contribution in [1.82, 2.24) is 10.7 Å². The van der Waals surface area contributed by atoms with Gasteiger partial charge in [-0.2, -0.15) is 5.10 Å². The van der Waals surface area contributed by atoms with Crippen molar-refractivity contribution < 1.29 is 14.3 Å². The summed E-state index contributed by atoms with van der Waals surface area (Å²) in [6.07, 6.45) is 3.12. The Morgan fingerprint density at radius 2 is 2.07 bits per heavy atom. The zero-order chi connectivity index (χ0) is 19.6. The highest BCUT2D eigenvalue weighted by Crippen LogP contribution is 2.21. The Kier molecular flexibility index (Phi) is 8.03. The molecular weight excluding hydrogens is 434 g/mol. The maximum atomic E-state index is 11.9. The molecule has 0 unspecified atom stereocenters. The van der Waals surface area contributed by atoms with E-state index in [4.69, 9.17) is 16.3 Å². The monoisotopic (exact) mass is 449 g/mol. The van der Waals surface area contributed by atoms with Crippen molar-refractivity contribution >= 4 is 45.6 Å². The Hall–Kier alpha value is -2.64. The average molecular weight is 451 g/mol. The van der Waals surface area contributed by atoms with Gasteiger partial charge < -0.3 is 10.1 Å². The molecule has 0 saturated carbocycles. The van der Waals surface area contributed by atoms with Crippen molar-refractivity contribution in [3.05, 3.63) is 75.7 Å². The number of halogens is 2. The summed E-state index contributed by atoms with van der Waals surface area (Å²) in [5, 5.41) is 6.83. The highest BCUT2D eigenvalue weighted by molar-refractivity contribution is 9.10. The first-order valence-electron chi connectivity index (χ1n) is 7.88. The summed E-state index contributed by atoms with van der Waals surface area (Å²) in [5.74, 6) is -0.206. The molecule has 8 heteroatoms. The van der Waals surface area contributed by atoms with Gasteiger partial charge in [-0.3, -0.25) is 9.59 Å². The lowest BCUT2D eigenvalue weighted by molar-refractivity contribution is -0.120. The molecule has 0 aliphatic heterocycles. The van der Waals surface area contributed by atoms with Gasteiger partial charge in [0.25, 0.3) is 11.8 Å². The van der Waals surface area contributed by atoms with Gasteiger partial charge in [0.15, 0.2) is 0 Å². The molecule has 6 nitrogen and oxygen atoms in total. The highest BCUT2D eigenvalue weighted by Gasteiger charge is 2.08. The molecule has 0 fully saturated rings. The number of nitrogens with zero attached hydrogens (tertiary/aromatic N) is 1. The summed E-state index contributed by atoms with van der Waals surface area (Å²) in [5.41, 5.74) is 3.45. The second kappa shape index (κ2) is 10.5. The molecule has 140 valence electrons. The van der Waals surface area contributed by atoms with E-state index in [1.807, 2.05) is 6.07 Å². The first-order valence-corrected chi connectivity index (χ1v) is 9.05. The van der Waals surface area contributed by atoms with Crippen LogP contribution in [0.3, 0.4) is 0 Å². The first kappa shape index (κ1) is 20.7. The number of nitrogens with one attached hydrogen (secondary N) is 2. The van der Waals surface area contributed by atoms with Crippen molar-refractivity contribution in [3.63, 3.8) is 0 Å². The second-order valence-electron chi connectivity index (χ2n) is 5.27. The Morgan fingerprint density at radius 1 is 1.26 bits per heavy atom. The first-order chi connectivity index (χ1) is 13.0. The fourth-order valence-electron chi connectivity index (χ4n) is 1.97. The summed E-state index contributed by atoms with van der Waals surface area (Å²) < 4.78 is 6.24. The predicted molar refractivity (Wildman–Crippen MR) is 109 cm³/mol. The molecule has 2 amide bonds. The molecule has 0 radical (unpaired) electrons. The van der Waals surface area contributed by atoms with E-state index in [2.05, 4.69) is 38.4 Å². The maximum absolute atomic E-state index is 11.9. The van der Waals surface area contributed by atoms with E-state index in [-0.39, 0.29) is 6.54 Å². The van der Waals surface area contributed by atoms with Crippen molar-refractivity contribution in [2.24, 2.45) is 5.10 Å². The molecule has 2 aromatic rings. The number of hydrogen-bond donors (Lipinski definition) is 2. The van der Waals surface area contributed by atoms with Crippen LogP contribution in [0.4, 0.5) is 0 Å². The van der Waals surface area contributed by atoms with Gasteiger partial charge in [0.1, 0.15) is 12.4 Å². The van der Waals surface area contributed by atoms with E-state index in [0.29, 0.717) is 22.9 Å². The Balaban J connectivity index is 1.86. The molecule has 2 aromatic carbocycles. The second-order valence-corrected chi connectivity index (χ2v) is 6.56. The van der Waals surface area contributed by atoms with E-state index >= 15 is 0 Å². The number of ether oxygens (including phenoxy) is 1. The van der Waals surface area contributed by atoms with Crippen LogP contribution >= 0.6 is 27.5 Å². The molecule has 0 aliphatic carbocycles. The predicted octanol–water partition coefficient (Wildman–Crippen LogP) is 3.55. The third-order valence-electron chi connectivity index (χ3n) is 3.22. The largest absolute Gasteiger partial charge is 0.490 e. The van der Waals surface area contributed by atoms with Gasteiger partial charge in [0, 0.05) is 20.6 Å². The molecule has 0 aliphatic rings. The van der Waals surface area contributed by atoms with E-state index in [9.17, 15) is 9.59 Å². The SMILES string of the molecule is C=CCOc1ccc(Br)c(/C=N\NC(=O)CNC(=O)c2cccc(Cl)c2)c1. The van der Waals surface area contributed by atoms with Gasteiger partial charge in [0.05, 0.1) is 12.8 Å². The van der Waals surface area contributed by atoms with Gasteiger partial charge in [-0.05, 0) is 36.4 Å².